The first-order valence-corrected chi connectivity index (χ1v) is 10.9. The van der Waals surface area contributed by atoms with E-state index in [-0.39, 0.29) is 5.75 Å². The molecule has 2 atom stereocenters. The van der Waals surface area contributed by atoms with Gasteiger partial charge in [0.25, 0.3) is 0 Å². The molecule has 30 heavy (non-hydrogen) atoms. The van der Waals surface area contributed by atoms with Crippen molar-refractivity contribution < 1.29 is 5.11 Å². The molecular weight excluding hydrogens is 374 g/mol. The predicted molar refractivity (Wildman–Crippen MR) is 124 cm³/mol. The van der Waals surface area contributed by atoms with Crippen LogP contribution in [0.1, 0.15) is 45.6 Å². The van der Waals surface area contributed by atoms with Crippen molar-refractivity contribution in [3.8, 4) is 17.0 Å². The average Bonchev–Trinajstić information content (AvgIpc) is 3.03. The molecule has 4 rings (SSSR count). The van der Waals surface area contributed by atoms with Crippen molar-refractivity contribution >= 4 is 17.7 Å². The number of aromatic nitrogens is 3. The van der Waals surface area contributed by atoms with Gasteiger partial charge in [-0.15, -0.1) is 0 Å². The van der Waals surface area contributed by atoms with Gasteiger partial charge in [-0.1, -0.05) is 45.1 Å². The lowest BCUT2D eigenvalue weighted by molar-refractivity contribution is 0.414. The van der Waals surface area contributed by atoms with Crippen molar-refractivity contribution in [3.05, 3.63) is 48.3 Å². The monoisotopic (exact) mass is 407 g/mol. The SMILES string of the molecule is CC.CC1CNCCC(C/C=C/c2cn3cc(-c4ccccc4O)nc3nc2N)C1. The highest BCUT2D eigenvalue weighted by Crippen LogP contribution is 2.28. The Morgan fingerprint density at radius 1 is 1.23 bits per heavy atom. The Bertz CT molecular complexity index is 994. The molecule has 160 valence electrons. The Morgan fingerprint density at radius 2 is 2.03 bits per heavy atom. The molecule has 1 saturated heterocycles. The molecule has 4 N–H and O–H groups in total. The second-order valence-corrected chi connectivity index (χ2v) is 7.77. The van der Waals surface area contributed by atoms with Crippen LogP contribution in [0.2, 0.25) is 0 Å². The third-order valence-corrected chi connectivity index (χ3v) is 5.41. The summed E-state index contributed by atoms with van der Waals surface area (Å²) >= 11 is 0. The summed E-state index contributed by atoms with van der Waals surface area (Å²) in [6, 6.07) is 7.15. The van der Waals surface area contributed by atoms with Crippen LogP contribution in [-0.2, 0) is 0 Å². The fourth-order valence-electron chi connectivity index (χ4n) is 3.92. The van der Waals surface area contributed by atoms with E-state index in [2.05, 4.69) is 34.4 Å². The van der Waals surface area contributed by atoms with Crippen LogP contribution in [-0.4, -0.2) is 32.6 Å². The number of nitrogens with one attached hydrogen (secondary N) is 1. The van der Waals surface area contributed by atoms with Crippen LogP contribution in [0.25, 0.3) is 23.1 Å². The molecule has 0 saturated carbocycles. The number of benzene rings is 1. The van der Waals surface area contributed by atoms with Crippen molar-refractivity contribution in [1.29, 1.82) is 0 Å². The fourth-order valence-corrected chi connectivity index (χ4v) is 3.92. The van der Waals surface area contributed by atoms with Crippen LogP contribution >= 0.6 is 0 Å². The fraction of sp³-hybridized carbons (Fsp3) is 0.417. The minimum atomic E-state index is 0.200. The summed E-state index contributed by atoms with van der Waals surface area (Å²) in [4.78, 5) is 8.93. The number of aromatic hydroxyl groups is 1. The number of anilines is 1. The van der Waals surface area contributed by atoms with Crippen LogP contribution in [0, 0.1) is 11.8 Å². The van der Waals surface area contributed by atoms with Crippen molar-refractivity contribution in [3.63, 3.8) is 0 Å². The van der Waals surface area contributed by atoms with Crippen molar-refractivity contribution in [2.24, 2.45) is 11.8 Å². The maximum Gasteiger partial charge on any atom is 0.236 e. The minimum absolute atomic E-state index is 0.200. The summed E-state index contributed by atoms with van der Waals surface area (Å²) in [6.45, 7) is 8.53. The van der Waals surface area contributed by atoms with Crippen LogP contribution < -0.4 is 11.1 Å². The molecule has 2 unspecified atom stereocenters. The molecule has 0 radical (unpaired) electrons. The zero-order valence-electron chi connectivity index (χ0n) is 18.2. The quantitative estimate of drug-likeness (QED) is 0.581. The van der Waals surface area contributed by atoms with Crippen LogP contribution in [0.5, 0.6) is 5.75 Å². The maximum absolute atomic E-state index is 10.1. The smallest absolute Gasteiger partial charge is 0.236 e. The molecule has 0 bridgehead atoms. The van der Waals surface area contributed by atoms with Gasteiger partial charge >= 0.3 is 0 Å². The Hall–Kier alpha value is -2.86. The van der Waals surface area contributed by atoms with Gasteiger partial charge in [-0.2, -0.15) is 4.98 Å². The molecule has 1 fully saturated rings. The molecule has 0 aliphatic carbocycles. The van der Waals surface area contributed by atoms with Gasteiger partial charge in [0.05, 0.1) is 5.69 Å². The highest BCUT2D eigenvalue weighted by atomic mass is 16.3. The van der Waals surface area contributed by atoms with E-state index in [0.717, 1.165) is 31.0 Å². The molecule has 6 nitrogen and oxygen atoms in total. The van der Waals surface area contributed by atoms with E-state index in [9.17, 15) is 5.11 Å². The molecular formula is C24H33N5O. The largest absolute Gasteiger partial charge is 0.507 e. The van der Waals surface area contributed by atoms with Gasteiger partial charge in [-0.05, 0) is 56.3 Å². The minimum Gasteiger partial charge on any atom is -0.507 e. The topological polar surface area (TPSA) is 88.5 Å². The molecule has 3 heterocycles. The third-order valence-electron chi connectivity index (χ3n) is 5.41. The van der Waals surface area contributed by atoms with E-state index in [1.807, 2.05) is 42.8 Å². The van der Waals surface area contributed by atoms with Gasteiger partial charge < -0.3 is 16.2 Å². The number of para-hydroxylation sites is 1. The van der Waals surface area contributed by atoms with E-state index in [1.165, 1.54) is 12.8 Å². The van der Waals surface area contributed by atoms with Crippen molar-refractivity contribution in [1.82, 2.24) is 19.7 Å². The van der Waals surface area contributed by atoms with Gasteiger partial charge in [0.2, 0.25) is 5.78 Å². The molecule has 1 aliphatic rings. The Morgan fingerprint density at radius 3 is 2.83 bits per heavy atom. The molecule has 3 aromatic rings. The first-order chi connectivity index (χ1) is 14.6. The third kappa shape index (κ3) is 5.19. The molecule has 1 aromatic carbocycles. The maximum atomic E-state index is 10.1. The van der Waals surface area contributed by atoms with Gasteiger partial charge in [0, 0.05) is 23.5 Å². The van der Waals surface area contributed by atoms with Gasteiger partial charge in [0.1, 0.15) is 11.6 Å². The number of rotatable bonds is 4. The molecule has 6 heteroatoms. The van der Waals surface area contributed by atoms with Gasteiger partial charge in [-0.25, -0.2) is 4.98 Å². The van der Waals surface area contributed by atoms with Gasteiger partial charge in [-0.3, -0.25) is 4.40 Å². The number of nitrogens with two attached hydrogens (primary N) is 1. The molecule has 0 spiro atoms. The van der Waals surface area contributed by atoms with E-state index in [1.54, 1.807) is 12.1 Å². The normalized spacial score (nSPS) is 19.4. The lowest BCUT2D eigenvalue weighted by Gasteiger charge is -2.14. The second-order valence-electron chi connectivity index (χ2n) is 7.77. The van der Waals surface area contributed by atoms with E-state index in [0.29, 0.717) is 28.8 Å². The summed E-state index contributed by atoms with van der Waals surface area (Å²) in [5.41, 5.74) is 8.39. The standard InChI is InChI=1S/C22H27N5O.C2H6/c1-15-11-16(9-10-24-12-15)5-4-6-17-13-27-14-19(25-22(27)26-21(17)23)18-7-2-3-8-20(18)28;1-2/h2-4,6-8,13-16,24,28H,5,9-12H2,1H3,(H2,23,25,26);1-2H3/b6-4+;. The highest BCUT2D eigenvalue weighted by Gasteiger charge is 2.16. The average molecular weight is 408 g/mol. The van der Waals surface area contributed by atoms with Crippen LogP contribution in [0.3, 0.4) is 0 Å². The van der Waals surface area contributed by atoms with Gasteiger partial charge in [0.15, 0.2) is 0 Å². The lowest BCUT2D eigenvalue weighted by atomic mass is 9.92. The number of phenolic OH excluding ortho intramolecular Hbond substituents is 1. The molecule has 1 aliphatic heterocycles. The summed E-state index contributed by atoms with van der Waals surface area (Å²) in [7, 11) is 0. The first kappa shape index (κ1) is 21.8. The lowest BCUT2D eigenvalue weighted by Crippen LogP contribution is -2.18. The number of hydrogen-bond donors (Lipinski definition) is 3. The van der Waals surface area contributed by atoms with E-state index >= 15 is 0 Å². The summed E-state index contributed by atoms with van der Waals surface area (Å²) < 4.78 is 1.86. The molecule has 2 aromatic heterocycles. The molecule has 0 amide bonds. The summed E-state index contributed by atoms with van der Waals surface area (Å²) in [6.07, 6.45) is 11.6. The van der Waals surface area contributed by atoms with Crippen molar-refractivity contribution in [2.45, 2.75) is 40.0 Å². The Kier molecular flexibility index (Phi) is 7.46. The Labute approximate surface area is 178 Å². The summed E-state index contributed by atoms with van der Waals surface area (Å²) in [5, 5.41) is 13.6. The first-order valence-electron chi connectivity index (χ1n) is 10.9. The number of fused-ring (bicyclic) bond motifs is 1. The Balaban J connectivity index is 0.00000124. The number of nitrogens with zero attached hydrogens (tertiary/aromatic N) is 3. The van der Waals surface area contributed by atoms with Crippen molar-refractivity contribution in [2.75, 3.05) is 18.8 Å². The predicted octanol–water partition coefficient (Wildman–Crippen LogP) is 4.75. The van der Waals surface area contributed by atoms with E-state index < -0.39 is 0 Å². The number of phenols is 1. The number of imidazole rings is 1. The number of hydrogen-bond acceptors (Lipinski definition) is 5. The van der Waals surface area contributed by atoms with Crippen LogP contribution in [0.15, 0.2) is 42.7 Å². The number of nitrogen functional groups attached to an aromatic ring is 1. The zero-order chi connectivity index (χ0) is 21.5. The highest BCUT2D eigenvalue weighted by molar-refractivity contribution is 5.69. The van der Waals surface area contributed by atoms with Crippen LogP contribution in [0.4, 0.5) is 5.82 Å². The second kappa shape index (κ2) is 10.3. The summed E-state index contributed by atoms with van der Waals surface area (Å²) in [5.74, 6) is 2.62. The number of allylic oxidation sites excluding steroid dienone is 1. The van der Waals surface area contributed by atoms with E-state index in [4.69, 9.17) is 5.73 Å². The zero-order valence-corrected chi connectivity index (χ0v) is 18.2.